The number of hydrogen-bond acceptors (Lipinski definition) is 3. The van der Waals surface area contributed by atoms with Gasteiger partial charge in [-0.05, 0) is 43.4 Å². The third-order valence-electron chi connectivity index (χ3n) is 4.00. The van der Waals surface area contributed by atoms with Gasteiger partial charge in [-0.1, -0.05) is 6.07 Å². The van der Waals surface area contributed by atoms with Crippen molar-refractivity contribution in [2.75, 3.05) is 19.6 Å². The topological polar surface area (TPSA) is 69.6 Å². The molecule has 2 rings (SSSR count). The highest BCUT2D eigenvalue weighted by atomic mass is 16.3. The molecule has 0 aromatic heterocycles. The van der Waals surface area contributed by atoms with Crippen molar-refractivity contribution in [1.29, 1.82) is 0 Å². The third-order valence-corrected chi connectivity index (χ3v) is 4.00. The lowest BCUT2D eigenvalue weighted by Crippen LogP contribution is -2.41. The van der Waals surface area contributed by atoms with Crippen LogP contribution in [0.25, 0.3) is 0 Å². The minimum atomic E-state index is -0.0386. The number of likely N-dealkylation sites (tertiary alicyclic amines) is 1. The first-order valence-corrected chi connectivity index (χ1v) is 7.30. The van der Waals surface area contributed by atoms with Crippen molar-refractivity contribution in [2.24, 2.45) is 5.92 Å². The van der Waals surface area contributed by atoms with E-state index in [9.17, 15) is 14.7 Å². The van der Waals surface area contributed by atoms with E-state index in [-0.39, 0.29) is 17.6 Å². The molecule has 1 aliphatic rings. The van der Waals surface area contributed by atoms with Gasteiger partial charge in [0, 0.05) is 32.1 Å². The standard InChI is InChI=1S/C16H22N2O3/c1-11-3-4-14(9-15(11)20)16(21)18-7-5-13(6-8-18)10-17-12(2)19/h3-4,9,13,20H,5-8,10H2,1-2H3,(H,17,19). The lowest BCUT2D eigenvalue weighted by atomic mass is 9.96. The maximum atomic E-state index is 12.4. The summed E-state index contributed by atoms with van der Waals surface area (Å²) >= 11 is 0. The van der Waals surface area contributed by atoms with Gasteiger partial charge in [-0.15, -0.1) is 0 Å². The molecule has 2 N–H and O–H groups in total. The average molecular weight is 290 g/mol. The number of carbonyl (C=O) groups excluding carboxylic acids is 2. The van der Waals surface area contributed by atoms with Gasteiger partial charge in [-0.3, -0.25) is 9.59 Å². The van der Waals surface area contributed by atoms with Gasteiger partial charge in [0.15, 0.2) is 0 Å². The van der Waals surface area contributed by atoms with Crippen LogP contribution in [0.3, 0.4) is 0 Å². The van der Waals surface area contributed by atoms with Crippen molar-refractivity contribution in [1.82, 2.24) is 10.2 Å². The molecule has 1 aromatic carbocycles. The minimum absolute atomic E-state index is 0.0105. The van der Waals surface area contributed by atoms with E-state index in [1.165, 1.54) is 13.0 Å². The van der Waals surface area contributed by atoms with Crippen LogP contribution in [0.2, 0.25) is 0 Å². The second-order valence-electron chi connectivity index (χ2n) is 5.67. The highest BCUT2D eigenvalue weighted by Gasteiger charge is 2.24. The first kappa shape index (κ1) is 15.4. The summed E-state index contributed by atoms with van der Waals surface area (Å²) in [5, 5.41) is 12.5. The molecule has 0 unspecified atom stereocenters. The van der Waals surface area contributed by atoms with Gasteiger partial charge < -0.3 is 15.3 Å². The molecule has 2 amide bonds. The molecule has 114 valence electrons. The zero-order chi connectivity index (χ0) is 15.4. The van der Waals surface area contributed by atoms with Crippen molar-refractivity contribution in [3.8, 4) is 5.75 Å². The van der Waals surface area contributed by atoms with E-state index in [1.807, 2.05) is 4.90 Å². The summed E-state index contributed by atoms with van der Waals surface area (Å²) in [6, 6.07) is 5.04. The molecular formula is C16H22N2O3. The number of nitrogens with one attached hydrogen (secondary N) is 1. The molecule has 0 bridgehead atoms. The van der Waals surface area contributed by atoms with Crippen LogP contribution >= 0.6 is 0 Å². The first-order valence-electron chi connectivity index (χ1n) is 7.30. The van der Waals surface area contributed by atoms with E-state index in [1.54, 1.807) is 19.1 Å². The van der Waals surface area contributed by atoms with E-state index in [4.69, 9.17) is 0 Å². The summed E-state index contributed by atoms with van der Waals surface area (Å²) in [4.78, 5) is 25.1. The molecule has 1 aromatic rings. The fourth-order valence-electron chi connectivity index (χ4n) is 2.55. The van der Waals surface area contributed by atoms with Crippen LogP contribution in [0.1, 0.15) is 35.7 Å². The van der Waals surface area contributed by atoms with Crippen molar-refractivity contribution in [2.45, 2.75) is 26.7 Å². The van der Waals surface area contributed by atoms with Crippen molar-refractivity contribution in [3.63, 3.8) is 0 Å². The van der Waals surface area contributed by atoms with Gasteiger partial charge in [-0.25, -0.2) is 0 Å². The number of aryl methyl sites for hydroxylation is 1. The molecule has 1 heterocycles. The molecule has 0 aliphatic carbocycles. The zero-order valence-corrected chi connectivity index (χ0v) is 12.6. The van der Waals surface area contributed by atoms with Crippen molar-refractivity contribution < 1.29 is 14.7 Å². The Kier molecular flexibility index (Phi) is 4.83. The number of nitrogens with zero attached hydrogens (tertiary/aromatic N) is 1. The summed E-state index contributed by atoms with van der Waals surface area (Å²) < 4.78 is 0. The van der Waals surface area contributed by atoms with Crippen molar-refractivity contribution >= 4 is 11.8 Å². The Bertz CT molecular complexity index is 534. The summed E-state index contributed by atoms with van der Waals surface area (Å²) in [5.74, 6) is 0.540. The molecule has 1 aliphatic heterocycles. The number of aromatic hydroxyl groups is 1. The number of carbonyl (C=O) groups is 2. The first-order chi connectivity index (χ1) is 9.97. The SMILES string of the molecule is CC(=O)NCC1CCN(C(=O)c2ccc(C)c(O)c2)CC1. The number of rotatable bonds is 3. The molecule has 21 heavy (non-hydrogen) atoms. The van der Waals surface area contributed by atoms with Crippen LogP contribution < -0.4 is 5.32 Å². The maximum Gasteiger partial charge on any atom is 0.253 e. The van der Waals surface area contributed by atoms with Gasteiger partial charge >= 0.3 is 0 Å². The molecular weight excluding hydrogens is 268 g/mol. The molecule has 5 heteroatoms. The van der Waals surface area contributed by atoms with Crippen LogP contribution in [-0.2, 0) is 4.79 Å². The largest absolute Gasteiger partial charge is 0.508 e. The normalized spacial score (nSPS) is 15.8. The van der Waals surface area contributed by atoms with Gasteiger partial charge in [-0.2, -0.15) is 0 Å². The Morgan fingerprint density at radius 2 is 2.00 bits per heavy atom. The molecule has 1 saturated heterocycles. The number of hydrogen-bond donors (Lipinski definition) is 2. The molecule has 0 spiro atoms. The van der Waals surface area contributed by atoms with Gasteiger partial charge in [0.25, 0.3) is 5.91 Å². The predicted molar refractivity (Wildman–Crippen MR) is 80.2 cm³/mol. The fourth-order valence-corrected chi connectivity index (χ4v) is 2.55. The minimum Gasteiger partial charge on any atom is -0.508 e. The number of phenols is 1. The van der Waals surface area contributed by atoms with Crippen LogP contribution in [-0.4, -0.2) is 41.5 Å². The maximum absolute atomic E-state index is 12.4. The second-order valence-corrected chi connectivity index (χ2v) is 5.67. The van der Waals surface area contributed by atoms with Gasteiger partial charge in [0.1, 0.15) is 5.75 Å². The summed E-state index contributed by atoms with van der Waals surface area (Å²) in [5.41, 5.74) is 1.29. The van der Waals surface area contributed by atoms with E-state index in [2.05, 4.69) is 5.32 Å². The Morgan fingerprint density at radius 1 is 1.33 bits per heavy atom. The molecule has 1 fully saturated rings. The van der Waals surface area contributed by atoms with Gasteiger partial charge in [0.05, 0.1) is 0 Å². The lowest BCUT2D eigenvalue weighted by molar-refractivity contribution is -0.119. The predicted octanol–water partition coefficient (Wildman–Crippen LogP) is 1.69. The Morgan fingerprint density at radius 3 is 2.57 bits per heavy atom. The van der Waals surface area contributed by atoms with Crippen LogP contribution in [0.4, 0.5) is 0 Å². The van der Waals surface area contributed by atoms with Crippen LogP contribution in [0.15, 0.2) is 18.2 Å². The second kappa shape index (κ2) is 6.61. The summed E-state index contributed by atoms with van der Waals surface area (Å²) in [6.07, 6.45) is 1.79. The van der Waals surface area contributed by atoms with E-state index in [0.717, 1.165) is 18.4 Å². The Balaban J connectivity index is 1.90. The van der Waals surface area contributed by atoms with E-state index in [0.29, 0.717) is 31.1 Å². The monoisotopic (exact) mass is 290 g/mol. The number of benzene rings is 1. The highest BCUT2D eigenvalue weighted by Crippen LogP contribution is 2.22. The molecule has 0 saturated carbocycles. The van der Waals surface area contributed by atoms with Crippen molar-refractivity contribution in [3.05, 3.63) is 29.3 Å². The quantitative estimate of drug-likeness (QED) is 0.890. The molecule has 5 nitrogen and oxygen atoms in total. The third kappa shape index (κ3) is 3.97. The number of piperidine rings is 1. The highest BCUT2D eigenvalue weighted by molar-refractivity contribution is 5.94. The number of phenolic OH excluding ortho intramolecular Hbond substituents is 1. The number of amides is 2. The lowest BCUT2D eigenvalue weighted by Gasteiger charge is -2.32. The van der Waals surface area contributed by atoms with Crippen LogP contribution in [0.5, 0.6) is 5.75 Å². The van der Waals surface area contributed by atoms with Crippen LogP contribution in [0, 0.1) is 12.8 Å². The summed E-state index contributed by atoms with van der Waals surface area (Å²) in [7, 11) is 0. The van der Waals surface area contributed by atoms with Gasteiger partial charge in [0.2, 0.25) is 5.91 Å². The fraction of sp³-hybridized carbons (Fsp3) is 0.500. The molecule has 0 radical (unpaired) electrons. The zero-order valence-electron chi connectivity index (χ0n) is 12.6. The van der Waals surface area contributed by atoms with E-state index < -0.39 is 0 Å². The molecule has 0 atom stereocenters. The Labute approximate surface area is 125 Å². The Hall–Kier alpha value is -2.04. The average Bonchev–Trinajstić information content (AvgIpc) is 2.48. The summed E-state index contributed by atoms with van der Waals surface area (Å²) in [6.45, 7) is 5.39. The van der Waals surface area contributed by atoms with E-state index >= 15 is 0 Å². The smallest absolute Gasteiger partial charge is 0.253 e.